The Labute approximate surface area is 125 Å². The predicted molar refractivity (Wildman–Crippen MR) is 78.5 cm³/mol. The summed E-state index contributed by atoms with van der Waals surface area (Å²) >= 11 is 0. The van der Waals surface area contributed by atoms with Crippen LogP contribution in [0, 0.1) is 11.6 Å². The summed E-state index contributed by atoms with van der Waals surface area (Å²) in [7, 11) is 0. The van der Waals surface area contributed by atoms with E-state index in [9.17, 15) is 13.6 Å². The quantitative estimate of drug-likeness (QED) is 0.787. The number of rotatable bonds is 3. The van der Waals surface area contributed by atoms with Gasteiger partial charge in [0.15, 0.2) is 5.76 Å². The minimum Gasteiger partial charge on any atom is -0.451 e. The van der Waals surface area contributed by atoms with Crippen molar-refractivity contribution in [3.05, 3.63) is 71.5 Å². The van der Waals surface area contributed by atoms with Gasteiger partial charge in [-0.05, 0) is 25.1 Å². The fourth-order valence-electron chi connectivity index (χ4n) is 2.29. The van der Waals surface area contributed by atoms with Crippen molar-refractivity contribution in [2.24, 2.45) is 0 Å². The highest BCUT2D eigenvalue weighted by Gasteiger charge is 2.18. The highest BCUT2D eigenvalue weighted by Crippen LogP contribution is 2.21. The predicted octanol–water partition coefficient (Wildman–Crippen LogP) is 4.20. The molecule has 5 heteroatoms. The van der Waals surface area contributed by atoms with Crippen LogP contribution in [0.3, 0.4) is 0 Å². The highest BCUT2D eigenvalue weighted by molar-refractivity contribution is 5.96. The number of fused-ring (bicyclic) bond motifs is 1. The molecule has 0 fully saturated rings. The van der Waals surface area contributed by atoms with Gasteiger partial charge in [0.25, 0.3) is 5.91 Å². The summed E-state index contributed by atoms with van der Waals surface area (Å²) in [6.45, 7) is 1.62. The Kier molecular flexibility index (Phi) is 3.63. The van der Waals surface area contributed by atoms with E-state index in [0.29, 0.717) is 5.58 Å². The Morgan fingerprint density at radius 3 is 2.64 bits per heavy atom. The molecular formula is C17H13F2NO2. The number of carbonyl (C=O) groups is 1. The smallest absolute Gasteiger partial charge is 0.287 e. The Morgan fingerprint density at radius 1 is 1.14 bits per heavy atom. The summed E-state index contributed by atoms with van der Waals surface area (Å²) in [6, 6.07) is 11.5. The summed E-state index contributed by atoms with van der Waals surface area (Å²) in [4.78, 5) is 12.2. The van der Waals surface area contributed by atoms with Gasteiger partial charge in [-0.25, -0.2) is 8.78 Å². The molecule has 22 heavy (non-hydrogen) atoms. The fraction of sp³-hybridized carbons (Fsp3) is 0.118. The lowest BCUT2D eigenvalue weighted by molar-refractivity contribution is 0.0913. The molecule has 0 bridgehead atoms. The van der Waals surface area contributed by atoms with Gasteiger partial charge in [0, 0.05) is 17.0 Å². The van der Waals surface area contributed by atoms with Gasteiger partial charge < -0.3 is 9.73 Å². The van der Waals surface area contributed by atoms with Gasteiger partial charge in [0.2, 0.25) is 0 Å². The normalized spacial score (nSPS) is 12.3. The largest absolute Gasteiger partial charge is 0.451 e. The first-order chi connectivity index (χ1) is 10.5. The number of para-hydroxylation sites is 1. The lowest BCUT2D eigenvalue weighted by Gasteiger charge is -2.14. The zero-order chi connectivity index (χ0) is 15.7. The maximum Gasteiger partial charge on any atom is 0.287 e. The number of hydrogen-bond donors (Lipinski definition) is 1. The molecule has 0 saturated carbocycles. The molecule has 0 unspecified atom stereocenters. The van der Waals surface area contributed by atoms with E-state index in [0.717, 1.165) is 17.5 Å². The van der Waals surface area contributed by atoms with Gasteiger partial charge in [-0.3, -0.25) is 4.79 Å². The summed E-state index contributed by atoms with van der Waals surface area (Å²) in [5, 5.41) is 3.45. The summed E-state index contributed by atoms with van der Waals surface area (Å²) < 4.78 is 32.1. The summed E-state index contributed by atoms with van der Waals surface area (Å²) in [6.07, 6.45) is 0. The van der Waals surface area contributed by atoms with E-state index in [1.165, 1.54) is 6.07 Å². The van der Waals surface area contributed by atoms with E-state index in [1.807, 2.05) is 18.2 Å². The Morgan fingerprint density at radius 2 is 1.91 bits per heavy atom. The Balaban J connectivity index is 1.81. The highest BCUT2D eigenvalue weighted by atomic mass is 19.1. The van der Waals surface area contributed by atoms with Crippen molar-refractivity contribution in [2.75, 3.05) is 0 Å². The van der Waals surface area contributed by atoms with Crippen molar-refractivity contribution in [1.29, 1.82) is 0 Å². The van der Waals surface area contributed by atoms with Gasteiger partial charge in [-0.2, -0.15) is 0 Å². The molecule has 0 aliphatic rings. The number of furan rings is 1. The zero-order valence-corrected chi connectivity index (χ0v) is 11.8. The van der Waals surface area contributed by atoms with E-state index in [4.69, 9.17) is 4.42 Å². The maximum absolute atomic E-state index is 13.7. The van der Waals surface area contributed by atoms with Crippen LogP contribution in [-0.2, 0) is 0 Å². The standard InChI is InChI=1S/C17H13F2NO2/c1-10(13-7-6-12(18)9-14(13)19)20-17(21)16-8-11-4-2-3-5-15(11)22-16/h2-10H,1H3,(H,20,21)/t10-/m1/s1. The number of halogens is 2. The average Bonchev–Trinajstić information content (AvgIpc) is 2.91. The first-order valence-electron chi connectivity index (χ1n) is 6.79. The molecule has 1 atom stereocenters. The Hall–Kier alpha value is -2.69. The summed E-state index contributed by atoms with van der Waals surface area (Å²) in [5.41, 5.74) is 0.819. The van der Waals surface area contributed by atoms with Crippen LogP contribution in [0.4, 0.5) is 8.78 Å². The van der Waals surface area contributed by atoms with Gasteiger partial charge in [-0.1, -0.05) is 24.3 Å². The van der Waals surface area contributed by atoms with E-state index < -0.39 is 23.6 Å². The van der Waals surface area contributed by atoms with E-state index in [-0.39, 0.29) is 11.3 Å². The number of benzene rings is 2. The van der Waals surface area contributed by atoms with Gasteiger partial charge in [0.05, 0.1) is 6.04 Å². The molecule has 0 aliphatic carbocycles. The lowest BCUT2D eigenvalue weighted by Crippen LogP contribution is -2.26. The average molecular weight is 301 g/mol. The number of amides is 1. The van der Waals surface area contributed by atoms with Crippen LogP contribution in [0.5, 0.6) is 0 Å². The first-order valence-corrected chi connectivity index (χ1v) is 6.79. The van der Waals surface area contributed by atoms with Crippen LogP contribution in [-0.4, -0.2) is 5.91 Å². The molecular weight excluding hydrogens is 288 g/mol. The number of carbonyl (C=O) groups excluding carboxylic acids is 1. The van der Waals surface area contributed by atoms with Crippen LogP contribution in [0.2, 0.25) is 0 Å². The van der Waals surface area contributed by atoms with E-state index in [2.05, 4.69) is 5.32 Å². The van der Waals surface area contributed by atoms with Crippen molar-refractivity contribution in [3.63, 3.8) is 0 Å². The van der Waals surface area contributed by atoms with Crippen molar-refractivity contribution in [2.45, 2.75) is 13.0 Å². The van der Waals surface area contributed by atoms with Crippen molar-refractivity contribution < 1.29 is 18.0 Å². The minimum absolute atomic E-state index is 0.149. The summed E-state index contributed by atoms with van der Waals surface area (Å²) in [5.74, 6) is -1.66. The second-order valence-corrected chi connectivity index (χ2v) is 5.01. The van der Waals surface area contributed by atoms with Crippen LogP contribution in [0.25, 0.3) is 11.0 Å². The van der Waals surface area contributed by atoms with Gasteiger partial charge in [-0.15, -0.1) is 0 Å². The third-order valence-electron chi connectivity index (χ3n) is 3.43. The SMILES string of the molecule is C[C@@H](NC(=O)c1cc2ccccc2o1)c1ccc(F)cc1F. The number of hydrogen-bond acceptors (Lipinski definition) is 2. The van der Waals surface area contributed by atoms with Gasteiger partial charge >= 0.3 is 0 Å². The van der Waals surface area contributed by atoms with Crippen molar-refractivity contribution in [3.8, 4) is 0 Å². The molecule has 3 aromatic rings. The molecule has 1 aromatic heterocycles. The van der Waals surface area contributed by atoms with E-state index in [1.54, 1.807) is 19.1 Å². The van der Waals surface area contributed by atoms with Crippen molar-refractivity contribution in [1.82, 2.24) is 5.32 Å². The Bertz CT molecular complexity index is 809. The minimum atomic E-state index is -0.697. The second kappa shape index (κ2) is 5.60. The maximum atomic E-state index is 13.7. The molecule has 1 amide bonds. The van der Waals surface area contributed by atoms with E-state index >= 15 is 0 Å². The zero-order valence-electron chi connectivity index (χ0n) is 11.8. The third-order valence-corrected chi connectivity index (χ3v) is 3.43. The molecule has 3 nitrogen and oxygen atoms in total. The molecule has 1 heterocycles. The molecule has 0 spiro atoms. The fourth-order valence-corrected chi connectivity index (χ4v) is 2.29. The second-order valence-electron chi connectivity index (χ2n) is 5.01. The molecule has 3 rings (SSSR count). The molecule has 0 saturated heterocycles. The van der Waals surface area contributed by atoms with Crippen LogP contribution in [0.15, 0.2) is 52.9 Å². The topological polar surface area (TPSA) is 42.2 Å². The number of nitrogens with one attached hydrogen (secondary N) is 1. The van der Waals surface area contributed by atoms with Crippen LogP contribution >= 0.6 is 0 Å². The van der Waals surface area contributed by atoms with Crippen molar-refractivity contribution >= 4 is 16.9 Å². The molecule has 2 aromatic carbocycles. The molecule has 0 aliphatic heterocycles. The first kappa shape index (κ1) is 14.3. The third kappa shape index (κ3) is 2.70. The monoisotopic (exact) mass is 301 g/mol. The van der Waals surface area contributed by atoms with Crippen LogP contribution in [0.1, 0.15) is 29.1 Å². The molecule has 0 radical (unpaired) electrons. The molecule has 112 valence electrons. The van der Waals surface area contributed by atoms with Crippen LogP contribution < -0.4 is 5.32 Å². The van der Waals surface area contributed by atoms with Gasteiger partial charge in [0.1, 0.15) is 17.2 Å². The lowest BCUT2D eigenvalue weighted by atomic mass is 10.1. The molecule has 1 N–H and O–H groups in total.